The summed E-state index contributed by atoms with van der Waals surface area (Å²) >= 11 is 1.40. The van der Waals surface area contributed by atoms with E-state index in [1.807, 2.05) is 6.07 Å². The molecule has 7 heteroatoms. The van der Waals surface area contributed by atoms with Gasteiger partial charge in [0.15, 0.2) is 5.16 Å². The number of hydrogen-bond acceptors (Lipinski definition) is 4. The van der Waals surface area contributed by atoms with Gasteiger partial charge >= 0.3 is 0 Å². The van der Waals surface area contributed by atoms with Crippen LogP contribution < -0.4 is 10.9 Å². The van der Waals surface area contributed by atoms with Crippen LogP contribution in [-0.4, -0.2) is 27.3 Å². The Kier molecular flexibility index (Phi) is 5.43. The second-order valence-electron chi connectivity index (χ2n) is 6.83. The molecular formula is C21H20FN3O2S. The Bertz CT molecular complexity index is 1080. The summed E-state index contributed by atoms with van der Waals surface area (Å²) in [6, 6.07) is 13.4. The van der Waals surface area contributed by atoms with Crippen LogP contribution in [0.15, 0.2) is 58.5 Å². The van der Waals surface area contributed by atoms with Crippen LogP contribution in [0.2, 0.25) is 0 Å². The highest BCUT2D eigenvalue weighted by Crippen LogP contribution is 2.23. The number of carbonyl (C=O) groups excluding carboxylic acids is 1. The van der Waals surface area contributed by atoms with Crippen molar-refractivity contribution >= 4 is 28.6 Å². The Labute approximate surface area is 166 Å². The van der Waals surface area contributed by atoms with E-state index in [1.54, 1.807) is 30.3 Å². The van der Waals surface area contributed by atoms with Gasteiger partial charge in [-0.15, -0.1) is 0 Å². The van der Waals surface area contributed by atoms with E-state index in [9.17, 15) is 14.0 Å². The molecule has 0 radical (unpaired) electrons. The van der Waals surface area contributed by atoms with Crippen molar-refractivity contribution in [2.24, 2.45) is 0 Å². The SMILES string of the molecule is O=C(CCCSc1nc2ccccc2c(=O)n1-c1cccc(F)c1)NC1CC1. The van der Waals surface area contributed by atoms with E-state index < -0.39 is 5.82 Å². The van der Waals surface area contributed by atoms with E-state index >= 15 is 0 Å². The third kappa shape index (κ3) is 4.25. The first-order chi connectivity index (χ1) is 13.6. The Morgan fingerprint density at radius 3 is 2.82 bits per heavy atom. The number of nitrogens with zero attached hydrogens (tertiary/aromatic N) is 2. The van der Waals surface area contributed by atoms with Crippen LogP contribution in [0.4, 0.5) is 4.39 Å². The largest absolute Gasteiger partial charge is 0.353 e. The van der Waals surface area contributed by atoms with Crippen LogP contribution in [0.3, 0.4) is 0 Å². The smallest absolute Gasteiger partial charge is 0.266 e. The summed E-state index contributed by atoms with van der Waals surface area (Å²) in [5, 5.41) is 3.95. The second-order valence-corrected chi connectivity index (χ2v) is 7.89. The molecule has 3 aromatic rings. The van der Waals surface area contributed by atoms with Gasteiger partial charge in [0.2, 0.25) is 5.91 Å². The number of rotatable bonds is 7. The van der Waals surface area contributed by atoms with Crippen molar-refractivity contribution in [2.45, 2.75) is 36.9 Å². The molecule has 1 amide bonds. The summed E-state index contributed by atoms with van der Waals surface area (Å²) in [6.45, 7) is 0. The predicted molar refractivity (Wildman–Crippen MR) is 108 cm³/mol. The van der Waals surface area contributed by atoms with E-state index in [0.29, 0.717) is 46.4 Å². The fourth-order valence-electron chi connectivity index (χ4n) is 2.98. The van der Waals surface area contributed by atoms with Crippen molar-refractivity contribution in [3.8, 4) is 5.69 Å². The number of aromatic nitrogens is 2. The Morgan fingerprint density at radius 2 is 2.04 bits per heavy atom. The first-order valence-electron chi connectivity index (χ1n) is 9.32. The standard InChI is InChI=1S/C21H20FN3O2S/c22-14-5-3-6-16(13-14)25-20(27)17-7-1-2-8-18(17)24-21(25)28-12-4-9-19(26)23-15-10-11-15/h1-3,5-8,13,15H,4,9-12H2,(H,23,26). The van der Waals surface area contributed by atoms with Gasteiger partial charge in [-0.05, 0) is 49.6 Å². The maximum Gasteiger partial charge on any atom is 0.266 e. The van der Waals surface area contributed by atoms with Gasteiger partial charge in [0.1, 0.15) is 5.82 Å². The lowest BCUT2D eigenvalue weighted by Gasteiger charge is -2.13. The van der Waals surface area contributed by atoms with Crippen molar-refractivity contribution in [1.29, 1.82) is 0 Å². The average Bonchev–Trinajstić information content (AvgIpc) is 3.49. The number of para-hydroxylation sites is 1. The van der Waals surface area contributed by atoms with Crippen molar-refractivity contribution in [3.05, 3.63) is 64.7 Å². The summed E-state index contributed by atoms with van der Waals surface area (Å²) in [5.74, 6) is 0.292. The van der Waals surface area contributed by atoms with Crippen LogP contribution in [0.25, 0.3) is 16.6 Å². The van der Waals surface area contributed by atoms with Gasteiger partial charge < -0.3 is 5.32 Å². The number of hydrogen-bond donors (Lipinski definition) is 1. The van der Waals surface area contributed by atoms with E-state index in [-0.39, 0.29) is 11.5 Å². The summed E-state index contributed by atoms with van der Waals surface area (Å²) < 4.78 is 15.2. The molecule has 0 unspecified atom stereocenters. The lowest BCUT2D eigenvalue weighted by Crippen LogP contribution is -2.25. The number of nitrogens with one attached hydrogen (secondary N) is 1. The molecule has 1 heterocycles. The van der Waals surface area contributed by atoms with Gasteiger partial charge in [-0.25, -0.2) is 9.37 Å². The molecule has 144 valence electrons. The summed E-state index contributed by atoms with van der Waals surface area (Å²) in [5.41, 5.74) is 0.816. The molecule has 28 heavy (non-hydrogen) atoms. The normalized spacial score (nSPS) is 13.6. The summed E-state index contributed by atoms with van der Waals surface area (Å²) in [4.78, 5) is 29.5. The van der Waals surface area contributed by atoms with E-state index in [4.69, 9.17) is 0 Å². The first-order valence-corrected chi connectivity index (χ1v) is 10.3. The first kappa shape index (κ1) is 18.7. The molecule has 0 atom stereocenters. The quantitative estimate of drug-likeness (QED) is 0.375. The summed E-state index contributed by atoms with van der Waals surface area (Å²) in [7, 11) is 0. The number of thioether (sulfide) groups is 1. The van der Waals surface area contributed by atoms with Crippen molar-refractivity contribution in [1.82, 2.24) is 14.9 Å². The molecule has 0 saturated heterocycles. The molecule has 0 spiro atoms. The number of amides is 1. The lowest BCUT2D eigenvalue weighted by atomic mass is 10.2. The summed E-state index contributed by atoms with van der Waals surface area (Å²) in [6.07, 6.45) is 3.26. The highest BCUT2D eigenvalue weighted by molar-refractivity contribution is 7.99. The van der Waals surface area contributed by atoms with Gasteiger partial charge in [0.25, 0.3) is 5.56 Å². The van der Waals surface area contributed by atoms with Crippen LogP contribution in [0.5, 0.6) is 0 Å². The van der Waals surface area contributed by atoms with Crippen molar-refractivity contribution in [3.63, 3.8) is 0 Å². The van der Waals surface area contributed by atoms with Crippen LogP contribution in [0.1, 0.15) is 25.7 Å². The Morgan fingerprint density at radius 1 is 1.21 bits per heavy atom. The van der Waals surface area contributed by atoms with Crippen molar-refractivity contribution < 1.29 is 9.18 Å². The minimum absolute atomic E-state index is 0.0668. The minimum Gasteiger partial charge on any atom is -0.353 e. The van der Waals surface area contributed by atoms with E-state index in [2.05, 4.69) is 10.3 Å². The number of halogens is 1. The molecule has 0 bridgehead atoms. The molecule has 1 fully saturated rings. The average molecular weight is 397 g/mol. The number of fused-ring (bicyclic) bond motifs is 1. The van der Waals surface area contributed by atoms with Gasteiger partial charge in [0, 0.05) is 18.2 Å². The molecule has 1 aliphatic rings. The van der Waals surface area contributed by atoms with Crippen LogP contribution >= 0.6 is 11.8 Å². The molecular weight excluding hydrogens is 377 g/mol. The van der Waals surface area contributed by atoms with Gasteiger partial charge in [-0.2, -0.15) is 0 Å². The molecule has 4 rings (SSSR count). The maximum atomic E-state index is 13.7. The molecule has 2 aromatic carbocycles. The zero-order chi connectivity index (χ0) is 19.5. The predicted octanol–water partition coefficient (Wildman–Crippen LogP) is 3.68. The number of benzene rings is 2. The zero-order valence-electron chi connectivity index (χ0n) is 15.2. The Hall–Kier alpha value is -2.67. The highest BCUT2D eigenvalue weighted by atomic mass is 32.2. The molecule has 1 aliphatic carbocycles. The monoisotopic (exact) mass is 397 g/mol. The van der Waals surface area contributed by atoms with E-state index in [1.165, 1.54) is 28.5 Å². The molecule has 5 nitrogen and oxygen atoms in total. The van der Waals surface area contributed by atoms with Crippen LogP contribution in [-0.2, 0) is 4.79 Å². The fourth-order valence-corrected chi connectivity index (χ4v) is 3.93. The van der Waals surface area contributed by atoms with Gasteiger partial charge in [-0.3, -0.25) is 14.2 Å². The fraction of sp³-hybridized carbons (Fsp3) is 0.286. The van der Waals surface area contributed by atoms with Crippen molar-refractivity contribution in [2.75, 3.05) is 5.75 Å². The minimum atomic E-state index is -0.412. The maximum absolute atomic E-state index is 13.7. The molecule has 0 aliphatic heterocycles. The lowest BCUT2D eigenvalue weighted by molar-refractivity contribution is -0.121. The molecule has 1 saturated carbocycles. The third-order valence-corrected chi connectivity index (χ3v) is 5.56. The topological polar surface area (TPSA) is 64.0 Å². The molecule has 1 aromatic heterocycles. The van der Waals surface area contributed by atoms with E-state index in [0.717, 1.165) is 12.8 Å². The number of carbonyl (C=O) groups is 1. The zero-order valence-corrected chi connectivity index (χ0v) is 16.0. The molecule has 1 N–H and O–H groups in total. The third-order valence-electron chi connectivity index (χ3n) is 4.53. The van der Waals surface area contributed by atoms with Gasteiger partial charge in [-0.1, -0.05) is 30.0 Å². The van der Waals surface area contributed by atoms with Gasteiger partial charge in [0.05, 0.1) is 16.6 Å². The van der Waals surface area contributed by atoms with Crippen LogP contribution in [0, 0.1) is 5.82 Å². The Balaban J connectivity index is 1.59. The second kappa shape index (κ2) is 8.14. The highest BCUT2D eigenvalue weighted by Gasteiger charge is 2.22.